The van der Waals surface area contributed by atoms with Gasteiger partial charge in [0.1, 0.15) is 0 Å². The van der Waals surface area contributed by atoms with Gasteiger partial charge in [-0.15, -0.1) is 0 Å². The molecule has 0 bridgehead atoms. The average molecular weight is 356 g/mol. The van der Waals surface area contributed by atoms with Crippen molar-refractivity contribution < 1.29 is 9.59 Å². The minimum atomic E-state index is -0.200. The van der Waals surface area contributed by atoms with Crippen LogP contribution >= 0.6 is 11.6 Å². The Morgan fingerprint density at radius 1 is 1.12 bits per heavy atom. The quantitative estimate of drug-likeness (QED) is 0.758. The van der Waals surface area contributed by atoms with Gasteiger partial charge in [-0.3, -0.25) is 9.59 Å². The highest BCUT2D eigenvalue weighted by Gasteiger charge is 2.13. The first-order chi connectivity index (χ1) is 12.1. The number of carbonyl (C=O) groups is 2. The molecule has 1 aromatic heterocycles. The molecule has 0 unspecified atom stereocenters. The summed E-state index contributed by atoms with van der Waals surface area (Å²) in [6, 6.07) is 13.0. The number of amides is 1. The normalized spacial score (nSPS) is 10.8. The summed E-state index contributed by atoms with van der Waals surface area (Å²) in [7, 11) is 0. The van der Waals surface area contributed by atoms with Crippen molar-refractivity contribution in [3.8, 4) is 0 Å². The fourth-order valence-electron chi connectivity index (χ4n) is 2.64. The lowest BCUT2D eigenvalue weighted by Gasteiger charge is -2.07. The van der Waals surface area contributed by atoms with Crippen LogP contribution in [-0.2, 0) is 11.3 Å². The SMILES string of the molecule is Cc1cccc2c1cnn2C(=O)CCC(=O)NCc1ccccc1Cl. The Morgan fingerprint density at radius 3 is 2.72 bits per heavy atom. The van der Waals surface area contributed by atoms with E-state index in [2.05, 4.69) is 10.4 Å². The molecule has 0 atom stereocenters. The van der Waals surface area contributed by atoms with Crippen LogP contribution in [0.4, 0.5) is 0 Å². The number of nitrogens with zero attached hydrogens (tertiary/aromatic N) is 2. The molecule has 25 heavy (non-hydrogen) atoms. The van der Waals surface area contributed by atoms with Crippen LogP contribution in [-0.4, -0.2) is 21.6 Å². The molecule has 6 heteroatoms. The van der Waals surface area contributed by atoms with Gasteiger partial charge in [0.2, 0.25) is 11.8 Å². The first-order valence-corrected chi connectivity index (χ1v) is 8.40. The first-order valence-electron chi connectivity index (χ1n) is 8.03. The smallest absolute Gasteiger partial charge is 0.247 e. The summed E-state index contributed by atoms with van der Waals surface area (Å²) in [6.07, 6.45) is 1.88. The monoisotopic (exact) mass is 355 g/mol. The minimum absolute atomic E-state index is 0.0963. The lowest BCUT2D eigenvalue weighted by atomic mass is 10.1. The van der Waals surface area contributed by atoms with Crippen molar-refractivity contribution in [1.29, 1.82) is 0 Å². The van der Waals surface area contributed by atoms with E-state index in [4.69, 9.17) is 11.6 Å². The molecule has 0 aliphatic rings. The van der Waals surface area contributed by atoms with Gasteiger partial charge >= 0.3 is 0 Å². The van der Waals surface area contributed by atoms with Crippen molar-refractivity contribution in [2.24, 2.45) is 0 Å². The number of hydrogen-bond donors (Lipinski definition) is 1. The van der Waals surface area contributed by atoms with Crippen molar-refractivity contribution in [3.05, 3.63) is 64.8 Å². The number of aromatic nitrogens is 2. The molecule has 2 aromatic carbocycles. The van der Waals surface area contributed by atoms with E-state index in [1.807, 2.05) is 43.3 Å². The van der Waals surface area contributed by atoms with Crippen LogP contribution in [0.3, 0.4) is 0 Å². The van der Waals surface area contributed by atoms with Crippen molar-refractivity contribution in [3.63, 3.8) is 0 Å². The number of rotatable bonds is 5. The maximum Gasteiger partial charge on any atom is 0.247 e. The molecule has 3 rings (SSSR count). The number of halogens is 1. The van der Waals surface area contributed by atoms with Crippen LogP contribution in [0.5, 0.6) is 0 Å². The van der Waals surface area contributed by atoms with Gasteiger partial charge in [-0.25, -0.2) is 4.68 Å². The zero-order valence-electron chi connectivity index (χ0n) is 13.8. The third-order valence-electron chi connectivity index (χ3n) is 4.07. The lowest BCUT2D eigenvalue weighted by molar-refractivity contribution is -0.121. The summed E-state index contributed by atoms with van der Waals surface area (Å²) in [5, 5.41) is 8.49. The third-order valence-corrected chi connectivity index (χ3v) is 4.44. The Kier molecular flexibility index (Phi) is 5.14. The standard InChI is InChI=1S/C19H18ClN3O2/c1-13-5-4-8-17-15(13)12-22-23(17)19(25)10-9-18(24)21-11-14-6-2-3-7-16(14)20/h2-8,12H,9-11H2,1H3,(H,21,24). The summed E-state index contributed by atoms with van der Waals surface area (Å²) in [4.78, 5) is 24.3. The molecule has 128 valence electrons. The van der Waals surface area contributed by atoms with Gasteiger partial charge in [-0.05, 0) is 30.2 Å². The molecule has 0 aliphatic heterocycles. The van der Waals surface area contributed by atoms with Gasteiger partial charge in [-0.2, -0.15) is 5.10 Å². The van der Waals surface area contributed by atoms with Gasteiger partial charge in [0.15, 0.2) is 0 Å². The number of fused-ring (bicyclic) bond motifs is 1. The topological polar surface area (TPSA) is 64.0 Å². The maximum atomic E-state index is 12.4. The Bertz CT molecular complexity index is 933. The molecule has 0 fully saturated rings. The van der Waals surface area contributed by atoms with Crippen molar-refractivity contribution in [1.82, 2.24) is 15.1 Å². The van der Waals surface area contributed by atoms with E-state index in [-0.39, 0.29) is 24.7 Å². The van der Waals surface area contributed by atoms with E-state index in [0.29, 0.717) is 11.6 Å². The van der Waals surface area contributed by atoms with Gasteiger partial charge < -0.3 is 5.32 Å². The fraction of sp³-hybridized carbons (Fsp3) is 0.211. The Balaban J connectivity index is 1.57. The highest BCUT2D eigenvalue weighted by Crippen LogP contribution is 2.18. The molecule has 3 aromatic rings. The van der Waals surface area contributed by atoms with Crippen LogP contribution in [0.15, 0.2) is 48.7 Å². The second-order valence-electron chi connectivity index (χ2n) is 5.83. The summed E-state index contributed by atoms with van der Waals surface area (Å²) in [5.41, 5.74) is 2.67. The third kappa shape index (κ3) is 3.88. The Morgan fingerprint density at radius 2 is 1.92 bits per heavy atom. The largest absolute Gasteiger partial charge is 0.352 e. The number of hydrogen-bond acceptors (Lipinski definition) is 3. The van der Waals surface area contributed by atoms with E-state index in [9.17, 15) is 9.59 Å². The van der Waals surface area contributed by atoms with Crippen molar-refractivity contribution in [2.75, 3.05) is 0 Å². The lowest BCUT2D eigenvalue weighted by Crippen LogP contribution is -2.24. The van der Waals surface area contributed by atoms with Gasteiger partial charge in [0, 0.05) is 29.8 Å². The van der Waals surface area contributed by atoms with Gasteiger partial charge in [0.25, 0.3) is 0 Å². The van der Waals surface area contributed by atoms with Gasteiger partial charge in [-0.1, -0.05) is 41.9 Å². The molecule has 0 saturated carbocycles. The second-order valence-corrected chi connectivity index (χ2v) is 6.23. The molecule has 1 N–H and O–H groups in total. The highest BCUT2D eigenvalue weighted by atomic mass is 35.5. The summed E-state index contributed by atoms with van der Waals surface area (Å²) in [6.45, 7) is 2.32. The van der Waals surface area contributed by atoms with Crippen LogP contribution in [0, 0.1) is 6.92 Å². The fourth-order valence-corrected chi connectivity index (χ4v) is 2.85. The Labute approximate surface area is 150 Å². The Hall–Kier alpha value is -2.66. The first kappa shape index (κ1) is 17.2. The number of aryl methyl sites for hydroxylation is 1. The minimum Gasteiger partial charge on any atom is -0.352 e. The number of carbonyl (C=O) groups excluding carboxylic acids is 2. The number of nitrogens with one attached hydrogen (secondary N) is 1. The number of benzene rings is 2. The van der Waals surface area contributed by atoms with E-state index in [0.717, 1.165) is 22.0 Å². The van der Waals surface area contributed by atoms with E-state index in [1.165, 1.54) is 4.68 Å². The molecule has 1 heterocycles. The van der Waals surface area contributed by atoms with Crippen molar-refractivity contribution in [2.45, 2.75) is 26.3 Å². The molecule has 0 spiro atoms. The molecular weight excluding hydrogens is 338 g/mol. The maximum absolute atomic E-state index is 12.4. The summed E-state index contributed by atoms with van der Waals surface area (Å²) < 4.78 is 1.36. The average Bonchev–Trinajstić information content (AvgIpc) is 3.04. The van der Waals surface area contributed by atoms with Crippen LogP contribution in [0.2, 0.25) is 5.02 Å². The van der Waals surface area contributed by atoms with E-state index >= 15 is 0 Å². The van der Waals surface area contributed by atoms with E-state index < -0.39 is 0 Å². The zero-order valence-corrected chi connectivity index (χ0v) is 14.6. The zero-order chi connectivity index (χ0) is 17.8. The molecule has 0 aliphatic carbocycles. The van der Waals surface area contributed by atoms with Crippen LogP contribution < -0.4 is 5.32 Å². The van der Waals surface area contributed by atoms with Gasteiger partial charge in [0.05, 0.1) is 11.7 Å². The molecule has 5 nitrogen and oxygen atoms in total. The highest BCUT2D eigenvalue weighted by molar-refractivity contribution is 6.31. The predicted octanol–water partition coefficient (Wildman–Crippen LogP) is 3.73. The van der Waals surface area contributed by atoms with Crippen molar-refractivity contribution >= 4 is 34.3 Å². The van der Waals surface area contributed by atoms with Crippen LogP contribution in [0.1, 0.15) is 28.8 Å². The molecular formula is C19H18ClN3O2. The molecule has 0 saturated heterocycles. The summed E-state index contributed by atoms with van der Waals surface area (Å²) in [5.74, 6) is -0.394. The summed E-state index contributed by atoms with van der Waals surface area (Å²) >= 11 is 6.05. The molecule has 1 amide bonds. The molecule has 0 radical (unpaired) electrons. The van der Waals surface area contributed by atoms with Crippen LogP contribution in [0.25, 0.3) is 10.9 Å². The van der Waals surface area contributed by atoms with E-state index in [1.54, 1.807) is 12.3 Å². The predicted molar refractivity (Wildman–Crippen MR) is 97.6 cm³/mol. The second kappa shape index (κ2) is 7.49.